The largest absolute Gasteiger partial charge is 0.391 e. The third-order valence-electron chi connectivity index (χ3n) is 2.78. The highest BCUT2D eigenvalue weighted by Crippen LogP contribution is 2.19. The highest BCUT2D eigenvalue weighted by Gasteiger charge is 2.10. The molecule has 6 heteroatoms. The number of hydrogen-bond acceptors (Lipinski definition) is 5. The molecule has 0 amide bonds. The quantitative estimate of drug-likeness (QED) is 0.768. The van der Waals surface area contributed by atoms with Crippen LogP contribution in [0.15, 0.2) is 35.4 Å². The highest BCUT2D eigenvalue weighted by atomic mass is 16.1. The van der Waals surface area contributed by atoms with Crippen molar-refractivity contribution in [2.24, 2.45) is 0 Å². The first kappa shape index (κ1) is 12.6. The van der Waals surface area contributed by atoms with Gasteiger partial charge < -0.3 is 16.0 Å². The predicted octanol–water partition coefficient (Wildman–Crippen LogP) is 1.40. The zero-order valence-electron chi connectivity index (χ0n) is 10.3. The fourth-order valence-corrected chi connectivity index (χ4v) is 1.66. The third kappa shape index (κ3) is 2.72. The van der Waals surface area contributed by atoms with Gasteiger partial charge in [0.1, 0.15) is 5.69 Å². The van der Waals surface area contributed by atoms with Crippen molar-refractivity contribution < 1.29 is 0 Å². The lowest BCUT2D eigenvalue weighted by Gasteiger charge is -2.15. The minimum Gasteiger partial charge on any atom is -0.391 e. The number of nitrogens with one attached hydrogen (secondary N) is 2. The fraction of sp³-hybridized carbons (Fsp3) is 0.154. The molecule has 1 aromatic carbocycles. The van der Waals surface area contributed by atoms with E-state index in [1.807, 2.05) is 19.1 Å². The molecule has 1 aromatic heterocycles. The first-order valence-electron chi connectivity index (χ1n) is 5.71. The molecule has 1 unspecified atom stereocenters. The Morgan fingerprint density at radius 1 is 1.42 bits per heavy atom. The van der Waals surface area contributed by atoms with Crippen molar-refractivity contribution in [3.8, 4) is 6.07 Å². The van der Waals surface area contributed by atoms with Gasteiger partial charge >= 0.3 is 0 Å². The van der Waals surface area contributed by atoms with E-state index in [1.54, 1.807) is 12.1 Å². The number of H-pyrrole nitrogens is 1. The van der Waals surface area contributed by atoms with Gasteiger partial charge in [-0.25, -0.2) is 4.98 Å². The van der Waals surface area contributed by atoms with E-state index < -0.39 is 0 Å². The molecule has 1 heterocycles. The Bertz CT molecular complexity index is 669. The Morgan fingerprint density at radius 2 is 2.11 bits per heavy atom. The van der Waals surface area contributed by atoms with E-state index in [0.717, 1.165) is 5.56 Å². The van der Waals surface area contributed by atoms with Crippen molar-refractivity contribution in [1.29, 1.82) is 5.26 Å². The second-order valence-electron chi connectivity index (χ2n) is 4.09. The van der Waals surface area contributed by atoms with Gasteiger partial charge in [0.05, 0.1) is 24.0 Å². The summed E-state index contributed by atoms with van der Waals surface area (Å²) in [7, 11) is 0. The molecule has 96 valence electrons. The van der Waals surface area contributed by atoms with Crippen LogP contribution in [0.3, 0.4) is 0 Å². The van der Waals surface area contributed by atoms with Crippen molar-refractivity contribution >= 4 is 11.5 Å². The van der Waals surface area contributed by atoms with Crippen LogP contribution in [0.5, 0.6) is 0 Å². The minimum absolute atomic E-state index is 0.0583. The maximum absolute atomic E-state index is 11.3. The van der Waals surface area contributed by atoms with Gasteiger partial charge in [0.2, 0.25) is 0 Å². The molecule has 6 nitrogen and oxygen atoms in total. The van der Waals surface area contributed by atoms with Gasteiger partial charge in [-0.3, -0.25) is 4.79 Å². The molecule has 19 heavy (non-hydrogen) atoms. The monoisotopic (exact) mass is 255 g/mol. The van der Waals surface area contributed by atoms with E-state index in [1.165, 1.54) is 6.33 Å². The summed E-state index contributed by atoms with van der Waals surface area (Å²) >= 11 is 0. The van der Waals surface area contributed by atoms with Gasteiger partial charge in [0.25, 0.3) is 5.56 Å². The van der Waals surface area contributed by atoms with Crippen molar-refractivity contribution in [3.63, 3.8) is 0 Å². The summed E-state index contributed by atoms with van der Waals surface area (Å²) in [6, 6.07) is 9.15. The molecule has 0 radical (unpaired) electrons. The number of aromatic nitrogens is 2. The number of rotatable bonds is 3. The van der Waals surface area contributed by atoms with Crippen molar-refractivity contribution in [2.45, 2.75) is 13.0 Å². The van der Waals surface area contributed by atoms with Gasteiger partial charge in [-0.15, -0.1) is 0 Å². The number of anilines is 2. The summed E-state index contributed by atoms with van der Waals surface area (Å²) in [5.74, 6) is 0.348. The zero-order chi connectivity index (χ0) is 13.8. The van der Waals surface area contributed by atoms with E-state index in [-0.39, 0.29) is 17.3 Å². The van der Waals surface area contributed by atoms with Crippen LogP contribution in [0.2, 0.25) is 0 Å². The van der Waals surface area contributed by atoms with Crippen LogP contribution in [0, 0.1) is 11.3 Å². The average molecular weight is 255 g/mol. The Balaban J connectivity index is 2.21. The van der Waals surface area contributed by atoms with E-state index in [0.29, 0.717) is 11.4 Å². The molecule has 2 rings (SSSR count). The molecule has 4 N–H and O–H groups in total. The molecule has 0 aliphatic heterocycles. The van der Waals surface area contributed by atoms with Crippen LogP contribution >= 0.6 is 0 Å². The SMILES string of the molecule is CC(Nc1nc[nH]c(=O)c1N)c1ccc(C#N)cc1. The lowest BCUT2D eigenvalue weighted by molar-refractivity contribution is 0.871. The van der Waals surface area contributed by atoms with Crippen LogP contribution in [-0.2, 0) is 0 Å². The second-order valence-corrected chi connectivity index (χ2v) is 4.09. The molecule has 1 atom stereocenters. The summed E-state index contributed by atoms with van der Waals surface area (Å²) in [6.45, 7) is 1.92. The zero-order valence-corrected chi connectivity index (χ0v) is 10.3. The highest BCUT2D eigenvalue weighted by molar-refractivity contribution is 5.59. The summed E-state index contributed by atoms with van der Waals surface area (Å²) in [4.78, 5) is 17.7. The smallest absolute Gasteiger partial charge is 0.276 e. The summed E-state index contributed by atoms with van der Waals surface area (Å²) < 4.78 is 0. The van der Waals surface area contributed by atoms with Gasteiger partial charge in [-0.05, 0) is 24.6 Å². The van der Waals surface area contributed by atoms with Crippen molar-refractivity contribution in [3.05, 3.63) is 52.1 Å². The number of nitrogen functional groups attached to an aromatic ring is 1. The number of hydrogen-bond donors (Lipinski definition) is 3. The van der Waals surface area contributed by atoms with Gasteiger partial charge in [0.15, 0.2) is 5.82 Å². The molecule has 0 fully saturated rings. The topological polar surface area (TPSA) is 108 Å². The fourth-order valence-electron chi connectivity index (χ4n) is 1.66. The first-order valence-corrected chi connectivity index (χ1v) is 5.71. The Kier molecular flexibility index (Phi) is 3.48. The Hall–Kier alpha value is -2.81. The van der Waals surface area contributed by atoms with Gasteiger partial charge in [-0.1, -0.05) is 12.1 Å². The molecule has 0 spiro atoms. The Labute approximate surface area is 109 Å². The predicted molar refractivity (Wildman–Crippen MR) is 72.5 cm³/mol. The normalized spacial score (nSPS) is 11.6. The van der Waals surface area contributed by atoms with Crippen LogP contribution in [0.1, 0.15) is 24.1 Å². The van der Waals surface area contributed by atoms with Crippen LogP contribution in [0.4, 0.5) is 11.5 Å². The third-order valence-corrected chi connectivity index (χ3v) is 2.78. The van der Waals surface area contributed by atoms with E-state index >= 15 is 0 Å². The Morgan fingerprint density at radius 3 is 2.74 bits per heavy atom. The van der Waals surface area contributed by atoms with Crippen molar-refractivity contribution in [1.82, 2.24) is 9.97 Å². The number of nitrogens with zero attached hydrogens (tertiary/aromatic N) is 2. The lowest BCUT2D eigenvalue weighted by Crippen LogP contribution is -2.17. The van der Waals surface area contributed by atoms with Crippen LogP contribution in [0.25, 0.3) is 0 Å². The number of aromatic amines is 1. The summed E-state index contributed by atoms with van der Waals surface area (Å²) in [6.07, 6.45) is 1.30. The standard InChI is InChI=1S/C13H13N5O/c1-8(10-4-2-9(6-14)3-5-10)18-12-11(15)13(19)17-7-16-12/h2-5,7-8H,15H2,1H3,(H2,16,17,18,19). The van der Waals surface area contributed by atoms with E-state index in [9.17, 15) is 4.79 Å². The van der Waals surface area contributed by atoms with Crippen LogP contribution in [-0.4, -0.2) is 9.97 Å². The molecule has 0 saturated heterocycles. The second kappa shape index (κ2) is 5.23. The molecule has 0 saturated carbocycles. The number of benzene rings is 1. The lowest BCUT2D eigenvalue weighted by atomic mass is 10.1. The molecular weight excluding hydrogens is 242 g/mol. The van der Waals surface area contributed by atoms with Crippen LogP contribution < -0.4 is 16.6 Å². The summed E-state index contributed by atoms with van der Waals surface area (Å²) in [5.41, 5.74) is 6.90. The summed E-state index contributed by atoms with van der Waals surface area (Å²) in [5, 5.41) is 11.8. The average Bonchev–Trinajstić information content (AvgIpc) is 2.44. The molecule has 2 aromatic rings. The van der Waals surface area contributed by atoms with Gasteiger partial charge in [0, 0.05) is 0 Å². The maximum Gasteiger partial charge on any atom is 0.276 e. The number of nitrogens with two attached hydrogens (primary N) is 1. The number of nitriles is 1. The molecule has 0 bridgehead atoms. The van der Waals surface area contributed by atoms with E-state index in [4.69, 9.17) is 11.0 Å². The van der Waals surface area contributed by atoms with Gasteiger partial charge in [-0.2, -0.15) is 5.26 Å². The molecular formula is C13H13N5O. The van der Waals surface area contributed by atoms with Crippen molar-refractivity contribution in [2.75, 3.05) is 11.1 Å². The molecule has 0 aliphatic rings. The maximum atomic E-state index is 11.3. The molecule has 0 aliphatic carbocycles. The minimum atomic E-state index is -0.371. The first-order chi connectivity index (χ1) is 9.11. The van der Waals surface area contributed by atoms with E-state index in [2.05, 4.69) is 21.4 Å².